The van der Waals surface area contributed by atoms with Crippen molar-refractivity contribution in [2.45, 2.75) is 69.8 Å². The van der Waals surface area contributed by atoms with Crippen LogP contribution in [-0.2, 0) is 24.6 Å². The molecule has 36 heteroatoms. The van der Waals surface area contributed by atoms with Crippen LogP contribution in [0.5, 0.6) is 46.0 Å². The van der Waals surface area contributed by atoms with Crippen LogP contribution >= 0.6 is 93.5 Å². The summed E-state index contributed by atoms with van der Waals surface area (Å²) in [5.41, 5.74) is 14.7. The van der Waals surface area contributed by atoms with Crippen molar-refractivity contribution in [3.8, 4) is 90.5 Å². The van der Waals surface area contributed by atoms with E-state index in [1.54, 1.807) is 24.3 Å². The molecule has 0 radical (unpaired) electrons. The van der Waals surface area contributed by atoms with Crippen molar-refractivity contribution in [1.82, 2.24) is 21.3 Å². The minimum atomic E-state index is -1.23. The number of carboxylic acids is 1. The summed E-state index contributed by atoms with van der Waals surface area (Å²) in [6, 6.07) is 56.5. The fourth-order valence-corrected chi connectivity index (χ4v) is 15.2. The molecule has 730 valence electrons. The van der Waals surface area contributed by atoms with E-state index in [0.717, 1.165) is 29.9 Å². The molecule has 3 aliphatic heterocycles. The van der Waals surface area contributed by atoms with Gasteiger partial charge in [0.25, 0.3) is 17.7 Å². The number of benzene rings is 11. The number of carbonyl (C=O) groups excluding carboxylic acids is 3. The van der Waals surface area contributed by atoms with E-state index >= 15 is 0 Å². The minimum absolute atomic E-state index is 0. The number of nitrogens with zero attached hydrogens (tertiary/aromatic N) is 3. The van der Waals surface area contributed by atoms with E-state index < -0.39 is 47.0 Å². The number of hydrogen-bond donors (Lipinski definition) is 9. The lowest BCUT2D eigenvalue weighted by atomic mass is 9.97. The number of carboxylic acid groups (broad SMARTS) is 1. The number of aromatic carboxylic acids is 1. The highest BCUT2D eigenvalue weighted by molar-refractivity contribution is 8.38. The number of phenols is 1. The largest absolute Gasteiger partial charge is 0.507 e. The number of nitrogens with one attached hydrogen (secondary N) is 5. The van der Waals surface area contributed by atoms with Crippen molar-refractivity contribution in [2.24, 2.45) is 26.4 Å². The lowest BCUT2D eigenvalue weighted by Gasteiger charge is -2.19. The standard InChI is InChI=1S/C24H21ClFN3O3.C24H21ClFNO3S2.C21H16ClFO4.C17H15ClFN3O3.C4H8O.C3H7NS2.C2H8N2.5CH4/c1-31-19-9-7-16(26)13-17(19)21-18(25)8-10-20(32-14-15-5-3-2-4-6-15)22(21)23(30)29-24-27-11-12-28-24;1-29-19-11-9-16(26)13-17(19)21-18(25)10-12-20(30-14-15-7-5-4-6-8-15)22(21)23(28)27-24(31-2)32-3;1-26-17-9-7-14(23)11-15(17)19-16(22)8-10-18(20(19)21(24)25)27-12-13-5-3-2-4-6-13;1-25-13-5-2-9(19)8-10(13)14-11(18)3-4-12(23)15(14)16(24)22-17-20-6-7-21-17;1-2-4-5-3-1;1-5-3(4)6-2;3-1-2-4;;;;;/h2-10,13H,11-12,14H2,1H3,(H2,27,28,29,30);4-13H,14H2,1-3H3;2-11H,12H2,1H3,(H,24,25);2-5,8,23H,6-7H2,1H3,(H2,20,21,22,24);1-4H2;4H,1-2H3;1-4H2;5*1H4. The van der Waals surface area contributed by atoms with Gasteiger partial charge < -0.3 is 70.2 Å². The molecule has 3 amide bonds. The molecule has 3 aliphatic rings. The molecular formula is C100H116Cl4F4N10O14S4. The SMILES string of the molecule is C.C.C.C.C.C1CCOC1.COc1ccc(F)cc1-c1c(Cl)ccc(O)c1C(=O)NC1=NCCN1.COc1ccc(F)cc1-c1c(Cl)ccc(OCc2ccccc2)c1C(=O)N=C(SC)SC.COc1ccc(F)cc1-c1c(Cl)ccc(OCc2ccccc2)c1C(=O)NC1=NCCN1.COc1ccc(F)cc1-c1c(Cl)ccc(OCc2ccccc2)c1C(=O)O.CSC(=N)SC.NCCN. The highest BCUT2D eigenvalue weighted by Gasteiger charge is 2.31. The van der Waals surface area contributed by atoms with E-state index in [0.29, 0.717) is 117 Å². The van der Waals surface area contributed by atoms with Gasteiger partial charge in [-0.05, 0) is 176 Å². The third-order valence-electron chi connectivity index (χ3n) is 18.5. The molecule has 24 nitrogen and oxygen atoms in total. The summed E-state index contributed by atoms with van der Waals surface area (Å²) in [6.45, 7) is 6.21. The molecule has 0 saturated carbocycles. The molecule has 0 spiro atoms. The Balaban J connectivity index is 0.000000439. The second-order valence-corrected chi connectivity index (χ2v) is 32.5. The van der Waals surface area contributed by atoms with Crippen molar-refractivity contribution in [3.63, 3.8) is 0 Å². The number of hydrogen-bond acceptors (Lipinski definition) is 24. The summed E-state index contributed by atoms with van der Waals surface area (Å²) in [5.74, 6) is -2.40. The van der Waals surface area contributed by atoms with Crippen LogP contribution in [0.3, 0.4) is 0 Å². The van der Waals surface area contributed by atoms with Gasteiger partial charge in [-0.15, -0.1) is 47.0 Å². The highest BCUT2D eigenvalue weighted by Crippen LogP contribution is 2.47. The third kappa shape index (κ3) is 34.9. The van der Waals surface area contributed by atoms with E-state index in [4.69, 9.17) is 101 Å². The molecule has 11 aromatic carbocycles. The summed E-state index contributed by atoms with van der Waals surface area (Å²) < 4.78 is 101. The van der Waals surface area contributed by atoms with Gasteiger partial charge in [0, 0.05) is 104 Å². The van der Waals surface area contributed by atoms with Gasteiger partial charge >= 0.3 is 5.97 Å². The van der Waals surface area contributed by atoms with E-state index in [1.807, 2.05) is 116 Å². The molecule has 0 bridgehead atoms. The second kappa shape index (κ2) is 62.2. The number of methoxy groups -OCH3 is 4. The third-order valence-corrected chi connectivity index (χ3v) is 23.4. The van der Waals surface area contributed by atoms with Crippen LogP contribution in [-0.4, -0.2) is 161 Å². The van der Waals surface area contributed by atoms with Crippen LogP contribution in [0.1, 0.15) is 108 Å². The number of amides is 3. The molecule has 1 fully saturated rings. The number of rotatable bonds is 22. The fourth-order valence-electron chi connectivity index (χ4n) is 12.5. The van der Waals surface area contributed by atoms with Crippen LogP contribution in [0.4, 0.5) is 17.6 Å². The Kier molecular flexibility index (Phi) is 54.2. The predicted octanol–water partition coefficient (Wildman–Crippen LogP) is 23.9. The van der Waals surface area contributed by atoms with E-state index in [9.17, 15) is 47.0 Å². The topological polar surface area (TPSA) is 344 Å². The molecule has 3 heterocycles. The zero-order valence-electron chi connectivity index (χ0n) is 72.3. The van der Waals surface area contributed by atoms with Gasteiger partial charge in [0.2, 0.25) is 0 Å². The number of thioether (sulfide) groups is 4. The molecule has 0 unspecified atom stereocenters. The van der Waals surface area contributed by atoms with Crippen molar-refractivity contribution in [1.29, 1.82) is 5.41 Å². The summed E-state index contributed by atoms with van der Waals surface area (Å²) in [5, 5.41) is 39.0. The van der Waals surface area contributed by atoms with Crippen molar-refractivity contribution in [2.75, 3.05) is 106 Å². The maximum atomic E-state index is 14.2. The van der Waals surface area contributed by atoms with E-state index in [1.165, 1.54) is 185 Å². The maximum Gasteiger partial charge on any atom is 0.340 e. The Bertz CT molecular complexity index is 5790. The average Bonchev–Trinajstić information content (AvgIpc) is 1.04. The molecule has 1 saturated heterocycles. The first-order valence-electron chi connectivity index (χ1n) is 39.9. The van der Waals surface area contributed by atoms with Gasteiger partial charge in [0.15, 0.2) is 11.9 Å². The van der Waals surface area contributed by atoms with E-state index in [-0.39, 0.29) is 133 Å². The zero-order chi connectivity index (χ0) is 94.9. The summed E-state index contributed by atoms with van der Waals surface area (Å²) in [7, 11) is 5.78. The number of halogens is 8. The number of nitrogens with two attached hydrogens (primary N) is 2. The van der Waals surface area contributed by atoms with Gasteiger partial charge in [0.1, 0.15) is 103 Å². The van der Waals surface area contributed by atoms with Crippen LogP contribution < -0.4 is 65.9 Å². The number of carbonyl (C=O) groups is 4. The smallest absolute Gasteiger partial charge is 0.340 e. The first-order chi connectivity index (χ1) is 63.3. The maximum absolute atomic E-state index is 14.2. The first kappa shape index (κ1) is 119. The van der Waals surface area contributed by atoms with Crippen molar-refractivity contribution >= 4 is 138 Å². The van der Waals surface area contributed by atoms with Crippen molar-refractivity contribution < 1.29 is 84.8 Å². The monoisotopic (exact) mass is 2020 g/mol. The molecule has 136 heavy (non-hydrogen) atoms. The Morgan fingerprint density at radius 3 is 1.03 bits per heavy atom. The molecule has 11 N–H and O–H groups in total. The summed E-state index contributed by atoms with van der Waals surface area (Å²) >= 11 is 31.3. The fraction of sp³-hybridized carbons (Fsp3) is 0.260. The lowest BCUT2D eigenvalue weighted by molar-refractivity contribution is 0.0691. The lowest BCUT2D eigenvalue weighted by Crippen LogP contribution is -2.38. The molecule has 11 aromatic rings. The Hall–Kier alpha value is -11.7. The van der Waals surface area contributed by atoms with Crippen LogP contribution in [0.2, 0.25) is 20.1 Å². The number of ether oxygens (including phenoxy) is 8. The number of aromatic hydroxyl groups is 1. The van der Waals surface area contributed by atoms with E-state index in [2.05, 4.69) is 36.2 Å². The first-order valence-corrected chi connectivity index (χ1v) is 46.3. The van der Waals surface area contributed by atoms with Gasteiger partial charge in [-0.25, -0.2) is 22.4 Å². The van der Waals surface area contributed by atoms with Gasteiger partial charge in [-0.3, -0.25) is 40.4 Å². The van der Waals surface area contributed by atoms with Crippen LogP contribution in [0, 0.1) is 28.7 Å². The highest BCUT2D eigenvalue weighted by atomic mass is 35.5. The Labute approximate surface area is 830 Å². The number of phenolic OH excluding ortho intramolecular Hbond substituents is 1. The molecule has 14 rings (SSSR count). The normalized spacial score (nSPS) is 11.4. The molecule has 0 atom stereocenters. The van der Waals surface area contributed by atoms with Gasteiger partial charge in [0.05, 0.1) is 58.2 Å². The van der Waals surface area contributed by atoms with Crippen LogP contribution in [0.25, 0.3) is 44.5 Å². The quantitative estimate of drug-likeness (QED) is 0.0173. The zero-order valence-corrected chi connectivity index (χ0v) is 78.6. The minimum Gasteiger partial charge on any atom is -0.507 e. The van der Waals surface area contributed by atoms with Crippen LogP contribution in [0.15, 0.2) is 227 Å². The average molecular weight is 2030 g/mol. The Morgan fingerprint density at radius 2 is 0.743 bits per heavy atom. The van der Waals surface area contributed by atoms with Crippen molar-refractivity contribution in [3.05, 3.63) is 295 Å². The number of guanidine groups is 2. The Morgan fingerprint density at radius 1 is 0.441 bits per heavy atom. The summed E-state index contributed by atoms with van der Waals surface area (Å²) in [6.07, 6.45) is 10.0. The predicted molar refractivity (Wildman–Crippen MR) is 555 cm³/mol. The van der Waals surface area contributed by atoms with Gasteiger partial charge in [-0.2, -0.15) is 4.99 Å². The summed E-state index contributed by atoms with van der Waals surface area (Å²) in [4.78, 5) is 63.9. The molecular weight excluding hydrogens is 1910 g/mol. The van der Waals surface area contributed by atoms with Gasteiger partial charge in [-0.1, -0.05) is 175 Å². The second-order valence-electron chi connectivity index (χ2n) is 27.1. The number of aliphatic imine (C=N–C) groups is 3. The molecule has 0 aliphatic carbocycles. The molecule has 0 aromatic heterocycles.